The molecule has 0 amide bonds. The largest absolute Gasteiger partial charge is 0.391 e. The zero-order valence-corrected chi connectivity index (χ0v) is 16.1. The van der Waals surface area contributed by atoms with Gasteiger partial charge in [-0.3, -0.25) is 15.2 Å². The topological polar surface area (TPSA) is 44.7 Å². The highest BCUT2D eigenvalue weighted by atomic mass is 127. The van der Waals surface area contributed by atoms with Crippen molar-refractivity contribution >= 4 is 22.6 Å². The summed E-state index contributed by atoms with van der Waals surface area (Å²) in [6.07, 6.45) is 2.48. The summed E-state index contributed by atoms with van der Waals surface area (Å²) in [5.74, 6) is 0.341. The molecule has 0 radical (unpaired) electrons. The summed E-state index contributed by atoms with van der Waals surface area (Å²) >= 11 is 2.34. The normalized spacial score (nSPS) is 32.9. The molecule has 2 bridgehead atoms. The molecular weight excluding hydrogens is 403 g/mol. The number of aliphatic hydroxyl groups is 1. The second-order valence-corrected chi connectivity index (χ2v) is 7.75. The maximum absolute atomic E-state index is 10.6. The summed E-state index contributed by atoms with van der Waals surface area (Å²) in [6.45, 7) is 2.13. The first-order valence-electron chi connectivity index (χ1n) is 8.24. The SMILES string of the molecule is CCC(NOC)=C1[C@H](c2ccc(I)cc2)CC2CC(O)[C@H]1N2C. The maximum atomic E-state index is 10.6. The highest BCUT2D eigenvalue weighted by Gasteiger charge is 2.48. The molecule has 0 aromatic heterocycles. The molecule has 2 saturated heterocycles. The number of hydrogen-bond donors (Lipinski definition) is 2. The standard InChI is InChI=1S/C18H25IN2O2/c1-4-15(20-23-3)17-14(11-5-7-12(19)8-6-11)9-13-10-16(22)18(17)21(13)2/h5-8,13-14,16,18,20,22H,4,9-10H2,1-3H3/t13?,14-,16?,18+/m0/s1. The maximum Gasteiger partial charge on any atom is 0.0749 e. The van der Waals surface area contributed by atoms with E-state index in [-0.39, 0.29) is 12.1 Å². The molecule has 0 saturated carbocycles. The molecule has 2 N–H and O–H groups in total. The second-order valence-electron chi connectivity index (χ2n) is 6.50. The quantitative estimate of drug-likeness (QED) is 0.572. The van der Waals surface area contributed by atoms with Gasteiger partial charge >= 0.3 is 0 Å². The highest BCUT2D eigenvalue weighted by Crippen LogP contribution is 2.47. The van der Waals surface area contributed by atoms with Crippen molar-refractivity contribution in [2.75, 3.05) is 14.2 Å². The lowest BCUT2D eigenvalue weighted by molar-refractivity contribution is 0.101. The monoisotopic (exact) mass is 428 g/mol. The van der Waals surface area contributed by atoms with Crippen molar-refractivity contribution in [3.8, 4) is 0 Å². The van der Waals surface area contributed by atoms with Crippen molar-refractivity contribution in [2.24, 2.45) is 0 Å². The van der Waals surface area contributed by atoms with E-state index in [1.165, 1.54) is 14.7 Å². The Labute approximate surface area is 152 Å². The predicted molar refractivity (Wildman–Crippen MR) is 99.9 cm³/mol. The van der Waals surface area contributed by atoms with E-state index in [1.54, 1.807) is 7.11 Å². The number of rotatable bonds is 4. The third-order valence-corrected chi connectivity index (χ3v) is 6.01. The van der Waals surface area contributed by atoms with Gasteiger partial charge in [0, 0.05) is 21.2 Å². The lowest BCUT2D eigenvalue weighted by atomic mass is 9.79. The Kier molecular flexibility index (Phi) is 5.30. The van der Waals surface area contributed by atoms with E-state index in [2.05, 4.69) is 71.2 Å². The van der Waals surface area contributed by atoms with Crippen LogP contribution in [-0.2, 0) is 4.84 Å². The Morgan fingerprint density at radius 3 is 2.65 bits per heavy atom. The minimum absolute atomic E-state index is 0.0793. The molecule has 4 nitrogen and oxygen atoms in total. The number of likely N-dealkylation sites (N-methyl/N-ethyl adjacent to an activating group) is 1. The molecule has 2 unspecified atom stereocenters. The molecule has 2 heterocycles. The molecule has 0 spiro atoms. The van der Waals surface area contributed by atoms with Crippen molar-refractivity contribution in [3.05, 3.63) is 44.7 Å². The van der Waals surface area contributed by atoms with Crippen LogP contribution < -0.4 is 5.48 Å². The minimum atomic E-state index is -0.297. The van der Waals surface area contributed by atoms with Crippen LogP contribution in [0.3, 0.4) is 0 Å². The van der Waals surface area contributed by atoms with Crippen LogP contribution >= 0.6 is 22.6 Å². The Hall–Kier alpha value is -0.630. The number of fused-ring (bicyclic) bond motifs is 2. The zero-order valence-electron chi connectivity index (χ0n) is 13.9. The molecular formula is C18H25IN2O2. The fraction of sp³-hybridized carbons (Fsp3) is 0.556. The molecule has 0 aliphatic carbocycles. The average molecular weight is 428 g/mol. The van der Waals surface area contributed by atoms with E-state index in [0.29, 0.717) is 12.0 Å². The summed E-state index contributed by atoms with van der Waals surface area (Å²) < 4.78 is 1.25. The van der Waals surface area contributed by atoms with Crippen LogP contribution in [0.2, 0.25) is 0 Å². The Morgan fingerprint density at radius 2 is 2.04 bits per heavy atom. The molecule has 2 fully saturated rings. The lowest BCUT2D eigenvalue weighted by Gasteiger charge is -2.40. The summed E-state index contributed by atoms with van der Waals surface area (Å²) in [7, 11) is 3.78. The van der Waals surface area contributed by atoms with Crippen molar-refractivity contribution < 1.29 is 9.94 Å². The van der Waals surface area contributed by atoms with Gasteiger partial charge in [-0.05, 0) is 72.2 Å². The Morgan fingerprint density at radius 1 is 1.35 bits per heavy atom. The summed E-state index contributed by atoms with van der Waals surface area (Å²) in [5.41, 5.74) is 6.81. The van der Waals surface area contributed by atoms with Crippen molar-refractivity contribution in [1.82, 2.24) is 10.4 Å². The molecule has 23 heavy (non-hydrogen) atoms. The second kappa shape index (κ2) is 7.09. The van der Waals surface area contributed by atoms with Gasteiger partial charge in [0.1, 0.15) is 0 Å². The predicted octanol–water partition coefficient (Wildman–Crippen LogP) is 3.03. The first kappa shape index (κ1) is 17.2. The van der Waals surface area contributed by atoms with Gasteiger partial charge in [0.15, 0.2) is 0 Å². The van der Waals surface area contributed by atoms with Crippen LogP contribution in [-0.4, -0.2) is 42.4 Å². The molecule has 126 valence electrons. The lowest BCUT2D eigenvalue weighted by Crippen LogP contribution is -2.45. The van der Waals surface area contributed by atoms with Crippen molar-refractivity contribution in [1.29, 1.82) is 0 Å². The summed E-state index contributed by atoms with van der Waals surface area (Å²) in [5, 5.41) is 10.6. The number of nitrogens with zero attached hydrogens (tertiary/aromatic N) is 1. The molecule has 4 atom stereocenters. The Balaban J connectivity index is 2.07. The number of hydrogen-bond acceptors (Lipinski definition) is 4. The van der Waals surface area contributed by atoms with E-state index in [9.17, 15) is 5.11 Å². The van der Waals surface area contributed by atoms with Crippen molar-refractivity contribution in [3.63, 3.8) is 0 Å². The van der Waals surface area contributed by atoms with Gasteiger partial charge in [-0.1, -0.05) is 19.1 Å². The molecule has 2 aliphatic rings. The fourth-order valence-corrected chi connectivity index (χ4v) is 4.58. The summed E-state index contributed by atoms with van der Waals surface area (Å²) in [6, 6.07) is 9.31. The van der Waals surface area contributed by atoms with Gasteiger partial charge in [0.25, 0.3) is 0 Å². The molecule has 5 heteroatoms. The third-order valence-electron chi connectivity index (χ3n) is 5.29. The third kappa shape index (κ3) is 3.16. The van der Waals surface area contributed by atoms with Gasteiger partial charge < -0.3 is 5.11 Å². The van der Waals surface area contributed by atoms with E-state index >= 15 is 0 Å². The molecule has 1 aromatic carbocycles. The summed E-state index contributed by atoms with van der Waals surface area (Å²) in [4.78, 5) is 7.56. The van der Waals surface area contributed by atoms with Gasteiger partial charge in [-0.15, -0.1) is 0 Å². The average Bonchev–Trinajstić information content (AvgIpc) is 2.72. The van der Waals surface area contributed by atoms with Crippen LogP contribution in [0.25, 0.3) is 0 Å². The number of benzene rings is 1. The number of nitrogens with one attached hydrogen (secondary N) is 1. The van der Waals surface area contributed by atoms with Crippen molar-refractivity contribution in [2.45, 2.75) is 50.3 Å². The number of allylic oxidation sites excluding steroid dienone is 1. The number of aliphatic hydroxyl groups excluding tert-OH is 1. The highest BCUT2D eigenvalue weighted by molar-refractivity contribution is 14.1. The van der Waals surface area contributed by atoms with Gasteiger partial charge in [-0.2, -0.15) is 0 Å². The van der Waals surface area contributed by atoms with Gasteiger partial charge in [-0.25, -0.2) is 0 Å². The van der Waals surface area contributed by atoms with Gasteiger partial charge in [0.05, 0.1) is 19.3 Å². The molecule has 1 aromatic rings. The van der Waals surface area contributed by atoms with E-state index in [0.717, 1.165) is 25.0 Å². The fourth-order valence-electron chi connectivity index (χ4n) is 4.22. The number of hydroxylamine groups is 1. The van der Waals surface area contributed by atoms with Crippen LogP contribution in [0.5, 0.6) is 0 Å². The molecule has 3 rings (SSSR count). The first-order valence-corrected chi connectivity index (χ1v) is 9.32. The first-order chi connectivity index (χ1) is 11.1. The van der Waals surface area contributed by atoms with E-state index in [1.807, 2.05) is 0 Å². The molecule has 2 aliphatic heterocycles. The Bertz CT molecular complexity index is 587. The number of halogens is 1. The van der Waals surface area contributed by atoms with Crippen LogP contribution in [0.4, 0.5) is 0 Å². The van der Waals surface area contributed by atoms with Crippen LogP contribution in [0.15, 0.2) is 35.5 Å². The zero-order chi connectivity index (χ0) is 16.6. The van der Waals surface area contributed by atoms with Crippen LogP contribution in [0.1, 0.15) is 37.7 Å². The minimum Gasteiger partial charge on any atom is -0.391 e. The smallest absolute Gasteiger partial charge is 0.0749 e. The van der Waals surface area contributed by atoms with Crippen LogP contribution in [0, 0.1) is 3.57 Å². The van der Waals surface area contributed by atoms with E-state index in [4.69, 9.17) is 4.84 Å². The van der Waals surface area contributed by atoms with Gasteiger partial charge in [0.2, 0.25) is 0 Å². The van der Waals surface area contributed by atoms with E-state index < -0.39 is 0 Å². The number of piperidine rings is 1.